The Bertz CT molecular complexity index is 612. The van der Waals surface area contributed by atoms with E-state index in [0.717, 1.165) is 11.3 Å². The van der Waals surface area contributed by atoms with E-state index in [9.17, 15) is 5.26 Å². The van der Waals surface area contributed by atoms with Gasteiger partial charge in [-0.3, -0.25) is 0 Å². The summed E-state index contributed by atoms with van der Waals surface area (Å²) in [7, 11) is 0. The van der Waals surface area contributed by atoms with Crippen LogP contribution < -0.4 is 4.74 Å². The van der Waals surface area contributed by atoms with Crippen LogP contribution in [0.5, 0.6) is 5.75 Å². The van der Waals surface area contributed by atoms with Crippen molar-refractivity contribution in [3.63, 3.8) is 0 Å². The zero-order valence-corrected chi connectivity index (χ0v) is 12.1. The Kier molecular flexibility index (Phi) is 4.65. The van der Waals surface area contributed by atoms with Gasteiger partial charge in [0.25, 0.3) is 0 Å². The van der Waals surface area contributed by atoms with Gasteiger partial charge >= 0.3 is 0 Å². The standard InChI is InChI=1S/C15H15ClN2O2/c1-10-15(11(2)20-18-10)12(9-17)6-7-19-14-5-3-4-13(16)8-14/h3-5,8,12H,6-7H2,1-2H3. The number of hydrogen-bond acceptors (Lipinski definition) is 4. The van der Waals surface area contributed by atoms with E-state index < -0.39 is 0 Å². The van der Waals surface area contributed by atoms with E-state index in [0.29, 0.717) is 29.6 Å². The molecule has 2 rings (SSSR count). The monoisotopic (exact) mass is 290 g/mol. The normalized spacial score (nSPS) is 11.9. The molecule has 0 aliphatic carbocycles. The molecule has 0 N–H and O–H groups in total. The summed E-state index contributed by atoms with van der Waals surface area (Å²) in [5, 5.41) is 13.8. The second kappa shape index (κ2) is 6.44. The fraction of sp³-hybridized carbons (Fsp3) is 0.333. The molecule has 0 saturated heterocycles. The van der Waals surface area contributed by atoms with Gasteiger partial charge in [-0.05, 0) is 32.0 Å². The lowest BCUT2D eigenvalue weighted by molar-refractivity contribution is 0.305. The molecule has 4 nitrogen and oxygen atoms in total. The highest BCUT2D eigenvalue weighted by molar-refractivity contribution is 6.30. The summed E-state index contributed by atoms with van der Waals surface area (Å²) in [6.45, 7) is 4.09. The van der Waals surface area contributed by atoms with Gasteiger partial charge < -0.3 is 9.26 Å². The molecule has 1 heterocycles. The number of rotatable bonds is 5. The lowest BCUT2D eigenvalue weighted by Gasteiger charge is -2.10. The third kappa shape index (κ3) is 3.31. The van der Waals surface area contributed by atoms with Crippen LogP contribution in [-0.4, -0.2) is 11.8 Å². The molecule has 0 aliphatic heterocycles. The molecule has 20 heavy (non-hydrogen) atoms. The van der Waals surface area contributed by atoms with E-state index >= 15 is 0 Å². The number of aryl methyl sites for hydroxylation is 2. The Hall–Kier alpha value is -1.99. The van der Waals surface area contributed by atoms with Crippen LogP contribution in [0, 0.1) is 25.2 Å². The van der Waals surface area contributed by atoms with Crippen LogP contribution >= 0.6 is 11.6 Å². The molecular weight excluding hydrogens is 276 g/mol. The van der Waals surface area contributed by atoms with E-state index in [2.05, 4.69) is 11.2 Å². The second-order valence-electron chi connectivity index (χ2n) is 4.51. The van der Waals surface area contributed by atoms with Crippen molar-refractivity contribution < 1.29 is 9.26 Å². The molecule has 0 aliphatic rings. The molecule has 0 saturated carbocycles. The Balaban J connectivity index is 1.97. The number of benzene rings is 1. The van der Waals surface area contributed by atoms with Crippen molar-refractivity contribution >= 4 is 11.6 Å². The average Bonchev–Trinajstić information content (AvgIpc) is 2.75. The first kappa shape index (κ1) is 14.4. The number of ether oxygens (including phenoxy) is 1. The highest BCUT2D eigenvalue weighted by atomic mass is 35.5. The molecular formula is C15H15ClN2O2. The van der Waals surface area contributed by atoms with Crippen LogP contribution in [0.3, 0.4) is 0 Å². The topological polar surface area (TPSA) is 59.0 Å². The van der Waals surface area contributed by atoms with E-state index in [4.69, 9.17) is 20.9 Å². The predicted octanol–water partition coefficient (Wildman–Crippen LogP) is 4.02. The van der Waals surface area contributed by atoms with Gasteiger partial charge in [0.1, 0.15) is 11.5 Å². The van der Waals surface area contributed by atoms with Crippen molar-refractivity contribution in [3.8, 4) is 11.8 Å². The van der Waals surface area contributed by atoms with E-state index in [1.54, 1.807) is 12.1 Å². The maximum Gasteiger partial charge on any atom is 0.138 e. The van der Waals surface area contributed by atoms with Gasteiger partial charge in [-0.25, -0.2) is 0 Å². The molecule has 1 aromatic heterocycles. The fourth-order valence-corrected chi connectivity index (χ4v) is 2.29. The highest BCUT2D eigenvalue weighted by Gasteiger charge is 2.20. The third-order valence-electron chi connectivity index (χ3n) is 3.06. The van der Waals surface area contributed by atoms with Crippen molar-refractivity contribution in [2.24, 2.45) is 0 Å². The number of nitriles is 1. The van der Waals surface area contributed by atoms with Gasteiger partial charge in [-0.15, -0.1) is 0 Å². The van der Waals surface area contributed by atoms with Crippen molar-refractivity contribution in [1.82, 2.24) is 5.16 Å². The Morgan fingerprint density at radius 3 is 2.85 bits per heavy atom. The Labute approximate surface area is 122 Å². The molecule has 5 heteroatoms. The number of aromatic nitrogens is 1. The first-order chi connectivity index (χ1) is 9.61. The maximum atomic E-state index is 9.29. The summed E-state index contributed by atoms with van der Waals surface area (Å²) in [6.07, 6.45) is 0.575. The van der Waals surface area contributed by atoms with Crippen LogP contribution in [0.1, 0.15) is 29.4 Å². The minimum atomic E-state index is -0.277. The zero-order chi connectivity index (χ0) is 14.5. The molecule has 0 fully saturated rings. The highest BCUT2D eigenvalue weighted by Crippen LogP contribution is 2.26. The minimum Gasteiger partial charge on any atom is -0.493 e. The van der Waals surface area contributed by atoms with Crippen LogP contribution in [-0.2, 0) is 0 Å². The molecule has 0 spiro atoms. The third-order valence-corrected chi connectivity index (χ3v) is 3.30. The summed E-state index contributed by atoms with van der Waals surface area (Å²) in [5.74, 6) is 1.12. The average molecular weight is 291 g/mol. The summed E-state index contributed by atoms with van der Waals surface area (Å²) < 4.78 is 10.7. The number of hydrogen-bond donors (Lipinski definition) is 0. The van der Waals surface area contributed by atoms with Crippen LogP contribution in [0.25, 0.3) is 0 Å². The molecule has 2 aromatic rings. The summed E-state index contributed by atoms with van der Waals surface area (Å²) in [4.78, 5) is 0. The van der Waals surface area contributed by atoms with Crippen molar-refractivity contribution in [3.05, 3.63) is 46.3 Å². The second-order valence-corrected chi connectivity index (χ2v) is 4.95. The smallest absolute Gasteiger partial charge is 0.138 e. The van der Waals surface area contributed by atoms with Gasteiger partial charge in [-0.1, -0.05) is 22.8 Å². The van der Waals surface area contributed by atoms with E-state index in [-0.39, 0.29) is 5.92 Å². The Morgan fingerprint density at radius 1 is 1.45 bits per heavy atom. The quantitative estimate of drug-likeness (QED) is 0.834. The van der Waals surface area contributed by atoms with Crippen molar-refractivity contribution in [2.45, 2.75) is 26.2 Å². The molecule has 0 amide bonds. The maximum absolute atomic E-state index is 9.29. The zero-order valence-electron chi connectivity index (χ0n) is 11.4. The van der Waals surface area contributed by atoms with Gasteiger partial charge in [0.2, 0.25) is 0 Å². The summed E-state index contributed by atoms with van der Waals surface area (Å²) in [5.41, 5.74) is 1.62. The SMILES string of the molecule is Cc1noc(C)c1C(C#N)CCOc1cccc(Cl)c1. The minimum absolute atomic E-state index is 0.277. The van der Waals surface area contributed by atoms with Crippen molar-refractivity contribution in [1.29, 1.82) is 5.26 Å². The first-order valence-electron chi connectivity index (χ1n) is 6.32. The molecule has 1 atom stereocenters. The summed E-state index contributed by atoms with van der Waals surface area (Å²) in [6, 6.07) is 9.48. The molecule has 0 bridgehead atoms. The molecule has 104 valence electrons. The van der Waals surface area contributed by atoms with Crippen LogP contribution in [0.15, 0.2) is 28.8 Å². The molecule has 1 aromatic carbocycles. The van der Waals surface area contributed by atoms with Gasteiger partial charge in [0.15, 0.2) is 0 Å². The lowest BCUT2D eigenvalue weighted by Crippen LogP contribution is -2.06. The lowest BCUT2D eigenvalue weighted by atomic mass is 9.96. The van der Waals surface area contributed by atoms with E-state index in [1.165, 1.54) is 0 Å². The van der Waals surface area contributed by atoms with Crippen LogP contribution in [0.2, 0.25) is 5.02 Å². The summed E-state index contributed by atoms with van der Waals surface area (Å²) >= 11 is 5.88. The first-order valence-corrected chi connectivity index (χ1v) is 6.70. The Morgan fingerprint density at radius 2 is 2.25 bits per heavy atom. The van der Waals surface area contributed by atoms with Crippen LogP contribution in [0.4, 0.5) is 0 Å². The van der Waals surface area contributed by atoms with E-state index in [1.807, 2.05) is 26.0 Å². The van der Waals surface area contributed by atoms with Gasteiger partial charge in [0, 0.05) is 17.0 Å². The predicted molar refractivity (Wildman–Crippen MR) is 75.9 cm³/mol. The number of nitrogens with zero attached hydrogens (tertiary/aromatic N) is 2. The van der Waals surface area contributed by atoms with Gasteiger partial charge in [0.05, 0.1) is 24.3 Å². The largest absolute Gasteiger partial charge is 0.493 e. The van der Waals surface area contributed by atoms with Gasteiger partial charge in [-0.2, -0.15) is 5.26 Å². The molecule has 0 radical (unpaired) electrons. The molecule has 1 unspecified atom stereocenters. The fourth-order valence-electron chi connectivity index (χ4n) is 2.11. The number of halogens is 1. The van der Waals surface area contributed by atoms with Crippen molar-refractivity contribution in [2.75, 3.05) is 6.61 Å².